The number of aromatic nitrogens is 1. The number of carboxylic acid groups (broad SMARTS) is 1. The molecule has 1 aliphatic rings. The second kappa shape index (κ2) is 4.63. The molecule has 1 aromatic heterocycles. The molecule has 1 fully saturated rings. The van der Waals surface area contributed by atoms with Crippen molar-refractivity contribution in [1.29, 1.82) is 0 Å². The maximum Gasteiger partial charge on any atom is 0.314 e. The van der Waals surface area contributed by atoms with Crippen LogP contribution in [0.1, 0.15) is 18.4 Å². The number of benzene rings is 1. The van der Waals surface area contributed by atoms with Gasteiger partial charge in [0, 0.05) is 12.4 Å². The summed E-state index contributed by atoms with van der Waals surface area (Å²) in [6.07, 6.45) is 4.34. The molecule has 0 spiro atoms. The van der Waals surface area contributed by atoms with Gasteiger partial charge < -0.3 is 5.11 Å². The standard InChI is InChI=1S/C14H14N2O4S/c17-13(18)14(7-8-14)11-3-5-12(6-4-11)21(19,20)15-16-9-1-2-10-16/h1-6,9-10,15H,7-8H2,(H,17,18). The molecule has 0 atom stereocenters. The van der Waals surface area contributed by atoms with Crippen molar-refractivity contribution in [3.05, 3.63) is 54.4 Å². The van der Waals surface area contributed by atoms with Gasteiger partial charge in [-0.15, -0.1) is 0 Å². The van der Waals surface area contributed by atoms with Gasteiger partial charge in [-0.25, -0.2) is 4.83 Å². The monoisotopic (exact) mass is 306 g/mol. The number of rotatable bonds is 5. The van der Waals surface area contributed by atoms with E-state index in [1.165, 1.54) is 16.8 Å². The topological polar surface area (TPSA) is 88.4 Å². The fraction of sp³-hybridized carbons (Fsp3) is 0.214. The number of sulfonamides is 1. The van der Waals surface area contributed by atoms with E-state index >= 15 is 0 Å². The minimum absolute atomic E-state index is 0.0983. The lowest BCUT2D eigenvalue weighted by atomic mass is 9.96. The van der Waals surface area contributed by atoms with Crippen molar-refractivity contribution in [1.82, 2.24) is 4.68 Å². The molecule has 2 N–H and O–H groups in total. The Morgan fingerprint density at radius 3 is 2.19 bits per heavy atom. The number of hydrogen-bond donors (Lipinski definition) is 2. The Kier molecular flexibility index (Phi) is 3.02. The second-order valence-electron chi connectivity index (χ2n) is 5.10. The third kappa shape index (κ3) is 2.40. The van der Waals surface area contributed by atoms with Gasteiger partial charge in [-0.1, -0.05) is 12.1 Å². The first kappa shape index (κ1) is 13.7. The zero-order valence-corrected chi connectivity index (χ0v) is 11.9. The fourth-order valence-electron chi connectivity index (χ4n) is 2.29. The first-order valence-electron chi connectivity index (χ1n) is 6.44. The Morgan fingerprint density at radius 2 is 1.71 bits per heavy atom. The Bertz CT molecular complexity index is 760. The Balaban J connectivity index is 1.86. The minimum Gasteiger partial charge on any atom is -0.481 e. The second-order valence-corrected chi connectivity index (χ2v) is 6.76. The maximum atomic E-state index is 12.2. The molecule has 0 radical (unpaired) electrons. The van der Waals surface area contributed by atoms with Crippen LogP contribution in [-0.4, -0.2) is 24.2 Å². The molecule has 2 aromatic rings. The van der Waals surface area contributed by atoms with E-state index in [4.69, 9.17) is 0 Å². The molecule has 3 rings (SSSR count). The summed E-state index contributed by atoms with van der Waals surface area (Å²) in [5, 5.41) is 9.22. The Labute approximate surface area is 122 Å². The lowest BCUT2D eigenvalue weighted by Gasteiger charge is -2.12. The maximum absolute atomic E-state index is 12.2. The summed E-state index contributed by atoms with van der Waals surface area (Å²) in [5.41, 5.74) is -0.175. The quantitative estimate of drug-likeness (QED) is 0.877. The summed E-state index contributed by atoms with van der Waals surface area (Å²) >= 11 is 0. The highest BCUT2D eigenvalue weighted by Crippen LogP contribution is 2.48. The molecule has 0 aliphatic heterocycles. The van der Waals surface area contributed by atoms with Crippen molar-refractivity contribution < 1.29 is 18.3 Å². The van der Waals surface area contributed by atoms with E-state index in [-0.39, 0.29) is 4.90 Å². The fourth-order valence-corrected chi connectivity index (χ4v) is 3.29. The van der Waals surface area contributed by atoms with E-state index in [0.29, 0.717) is 18.4 Å². The molecule has 0 saturated heterocycles. The summed E-state index contributed by atoms with van der Waals surface area (Å²) in [6, 6.07) is 9.43. The zero-order chi connectivity index (χ0) is 15.1. The lowest BCUT2D eigenvalue weighted by molar-refractivity contribution is -0.140. The van der Waals surface area contributed by atoms with Gasteiger partial charge in [0.15, 0.2) is 0 Å². The highest BCUT2D eigenvalue weighted by molar-refractivity contribution is 7.92. The van der Waals surface area contributed by atoms with Gasteiger partial charge >= 0.3 is 5.97 Å². The Morgan fingerprint density at radius 1 is 1.14 bits per heavy atom. The van der Waals surface area contributed by atoms with E-state index in [2.05, 4.69) is 4.83 Å². The molecule has 0 bridgehead atoms. The van der Waals surface area contributed by atoms with E-state index in [1.807, 2.05) is 0 Å². The van der Waals surface area contributed by atoms with E-state index in [0.717, 1.165) is 0 Å². The summed E-state index contributed by atoms with van der Waals surface area (Å²) in [4.78, 5) is 13.7. The van der Waals surface area contributed by atoms with Crippen molar-refractivity contribution in [3.63, 3.8) is 0 Å². The molecule has 1 heterocycles. The number of nitrogens with one attached hydrogen (secondary N) is 1. The Hall–Kier alpha value is -2.28. The van der Waals surface area contributed by atoms with Crippen LogP contribution in [0.3, 0.4) is 0 Å². The predicted octanol–water partition coefficient (Wildman–Crippen LogP) is 1.54. The molecular formula is C14H14N2O4S. The van der Waals surface area contributed by atoms with E-state index < -0.39 is 21.4 Å². The summed E-state index contributed by atoms with van der Waals surface area (Å²) in [7, 11) is -3.68. The molecule has 110 valence electrons. The molecule has 7 heteroatoms. The van der Waals surface area contributed by atoms with Crippen LogP contribution in [0.5, 0.6) is 0 Å². The molecule has 1 aliphatic carbocycles. The first-order chi connectivity index (χ1) is 9.94. The van der Waals surface area contributed by atoms with Crippen LogP contribution >= 0.6 is 0 Å². The summed E-state index contributed by atoms with van der Waals surface area (Å²) < 4.78 is 25.7. The van der Waals surface area contributed by atoms with Gasteiger partial charge in [-0.2, -0.15) is 8.42 Å². The smallest absolute Gasteiger partial charge is 0.314 e. The molecule has 1 aromatic carbocycles. The number of hydrogen-bond acceptors (Lipinski definition) is 3. The largest absolute Gasteiger partial charge is 0.481 e. The number of carbonyl (C=O) groups is 1. The van der Waals surface area contributed by atoms with Crippen LogP contribution in [0.2, 0.25) is 0 Å². The average Bonchev–Trinajstić information content (AvgIpc) is 3.12. The van der Waals surface area contributed by atoms with Gasteiger partial charge in [-0.3, -0.25) is 9.47 Å². The van der Waals surface area contributed by atoms with Gasteiger partial charge in [0.25, 0.3) is 10.0 Å². The van der Waals surface area contributed by atoms with Crippen LogP contribution in [0.25, 0.3) is 0 Å². The zero-order valence-electron chi connectivity index (χ0n) is 11.1. The molecular weight excluding hydrogens is 292 g/mol. The van der Waals surface area contributed by atoms with Gasteiger partial charge in [0.1, 0.15) is 0 Å². The highest BCUT2D eigenvalue weighted by atomic mass is 32.2. The number of carboxylic acids is 1. The molecule has 0 amide bonds. The third-order valence-electron chi connectivity index (χ3n) is 3.71. The average molecular weight is 306 g/mol. The third-order valence-corrected chi connectivity index (χ3v) is 5.05. The van der Waals surface area contributed by atoms with Crippen molar-refractivity contribution >= 4 is 16.0 Å². The number of aliphatic carboxylic acids is 1. The van der Waals surface area contributed by atoms with Crippen molar-refractivity contribution in [2.24, 2.45) is 0 Å². The van der Waals surface area contributed by atoms with E-state index in [9.17, 15) is 18.3 Å². The lowest BCUT2D eigenvalue weighted by Crippen LogP contribution is -2.22. The molecule has 0 unspecified atom stereocenters. The minimum atomic E-state index is -3.68. The molecule has 6 nitrogen and oxygen atoms in total. The summed E-state index contributed by atoms with van der Waals surface area (Å²) in [5.74, 6) is -0.858. The van der Waals surface area contributed by atoms with Gasteiger partial charge in [0.2, 0.25) is 0 Å². The predicted molar refractivity (Wildman–Crippen MR) is 76.0 cm³/mol. The molecule has 21 heavy (non-hydrogen) atoms. The SMILES string of the molecule is O=C(O)C1(c2ccc(S(=O)(=O)Nn3cccc3)cc2)CC1. The first-order valence-corrected chi connectivity index (χ1v) is 7.92. The van der Waals surface area contributed by atoms with Crippen LogP contribution in [0.15, 0.2) is 53.7 Å². The highest BCUT2D eigenvalue weighted by Gasteiger charge is 2.51. The van der Waals surface area contributed by atoms with Crippen LogP contribution in [0.4, 0.5) is 0 Å². The van der Waals surface area contributed by atoms with Crippen molar-refractivity contribution in [2.45, 2.75) is 23.2 Å². The van der Waals surface area contributed by atoms with Crippen molar-refractivity contribution in [2.75, 3.05) is 4.83 Å². The number of nitrogens with zero attached hydrogens (tertiary/aromatic N) is 1. The van der Waals surface area contributed by atoms with Gasteiger partial charge in [-0.05, 0) is 42.7 Å². The van der Waals surface area contributed by atoms with Crippen LogP contribution in [-0.2, 0) is 20.2 Å². The molecule has 1 saturated carbocycles. The normalized spacial score (nSPS) is 16.4. The van der Waals surface area contributed by atoms with Crippen molar-refractivity contribution in [3.8, 4) is 0 Å². The van der Waals surface area contributed by atoms with Crippen LogP contribution < -0.4 is 4.83 Å². The van der Waals surface area contributed by atoms with E-state index in [1.54, 1.807) is 36.7 Å². The summed E-state index contributed by atoms with van der Waals surface area (Å²) in [6.45, 7) is 0. The van der Waals surface area contributed by atoms with Crippen LogP contribution in [0, 0.1) is 0 Å². The van der Waals surface area contributed by atoms with Gasteiger partial charge in [0.05, 0.1) is 10.3 Å².